The molecule has 1 aromatic rings. The lowest BCUT2D eigenvalue weighted by Crippen LogP contribution is -2.20. The van der Waals surface area contributed by atoms with E-state index in [4.69, 9.17) is 5.11 Å². The Morgan fingerprint density at radius 3 is 2.94 bits per heavy atom. The second-order valence-electron chi connectivity index (χ2n) is 3.20. The van der Waals surface area contributed by atoms with Gasteiger partial charge in [-0.05, 0) is 18.2 Å². The fraction of sp³-hybridized carbons (Fsp3) is 0.250. The average Bonchev–Trinajstić information content (AvgIpc) is 2.22. The van der Waals surface area contributed by atoms with Crippen LogP contribution in [0.3, 0.4) is 0 Å². The van der Waals surface area contributed by atoms with Crippen molar-refractivity contribution >= 4 is 5.91 Å². The second kappa shape index (κ2) is 5.76. The number of hydrogen-bond donors (Lipinski definition) is 2. The maximum atomic E-state index is 12.9. The summed E-state index contributed by atoms with van der Waals surface area (Å²) in [4.78, 5) is 10.5. The molecule has 0 aliphatic heterocycles. The summed E-state index contributed by atoms with van der Waals surface area (Å²) in [5.41, 5.74) is 0.498. The van der Waals surface area contributed by atoms with E-state index in [0.29, 0.717) is 18.5 Å². The van der Waals surface area contributed by atoms with Crippen LogP contribution in [0.2, 0.25) is 0 Å². The second-order valence-corrected chi connectivity index (χ2v) is 3.20. The van der Waals surface area contributed by atoms with Crippen LogP contribution in [-0.4, -0.2) is 17.6 Å². The number of nitrogens with one attached hydrogen (secondary N) is 1. The van der Waals surface area contributed by atoms with Gasteiger partial charge >= 0.3 is 0 Å². The summed E-state index contributed by atoms with van der Waals surface area (Å²) < 4.78 is 12.9. The smallest absolute Gasteiger partial charge is 0.216 e. The molecule has 0 fully saturated rings. The van der Waals surface area contributed by atoms with E-state index in [2.05, 4.69) is 17.2 Å². The summed E-state index contributed by atoms with van der Waals surface area (Å²) in [7, 11) is 0. The van der Waals surface area contributed by atoms with Gasteiger partial charge in [0.15, 0.2) is 11.6 Å². The maximum Gasteiger partial charge on any atom is 0.216 e. The Morgan fingerprint density at radius 1 is 1.56 bits per heavy atom. The zero-order valence-corrected chi connectivity index (χ0v) is 8.88. The normalized spacial score (nSPS) is 9.12. The van der Waals surface area contributed by atoms with Crippen LogP contribution in [0.1, 0.15) is 18.9 Å². The van der Waals surface area contributed by atoms with E-state index in [1.165, 1.54) is 25.1 Å². The van der Waals surface area contributed by atoms with E-state index in [0.717, 1.165) is 0 Å². The molecule has 3 nitrogen and oxygen atoms in total. The van der Waals surface area contributed by atoms with Gasteiger partial charge in [-0.15, -0.1) is 0 Å². The van der Waals surface area contributed by atoms with Gasteiger partial charge in [0.05, 0.1) is 0 Å². The van der Waals surface area contributed by atoms with Gasteiger partial charge in [0, 0.05) is 25.5 Å². The van der Waals surface area contributed by atoms with Crippen LogP contribution in [0.15, 0.2) is 18.2 Å². The van der Waals surface area contributed by atoms with Crippen molar-refractivity contribution in [1.29, 1.82) is 0 Å². The molecule has 0 spiro atoms. The van der Waals surface area contributed by atoms with Gasteiger partial charge in [-0.1, -0.05) is 11.8 Å². The van der Waals surface area contributed by atoms with E-state index in [9.17, 15) is 9.18 Å². The predicted octanol–water partition coefficient (Wildman–Crippen LogP) is 1.41. The molecule has 0 heterocycles. The molecule has 16 heavy (non-hydrogen) atoms. The lowest BCUT2D eigenvalue weighted by molar-refractivity contribution is -0.118. The Morgan fingerprint density at radius 2 is 2.31 bits per heavy atom. The standard InChI is InChI=1S/C12H12FNO2/c1-9(15)14-7-3-2-4-10-5-6-12(16)11(13)8-10/h5-6,8,16H,3,7H2,1H3,(H,14,15). The molecular weight excluding hydrogens is 209 g/mol. The first-order valence-corrected chi connectivity index (χ1v) is 4.81. The highest BCUT2D eigenvalue weighted by molar-refractivity contribution is 5.72. The Kier molecular flexibility index (Phi) is 4.34. The Balaban J connectivity index is 2.50. The largest absolute Gasteiger partial charge is 0.505 e. The van der Waals surface area contributed by atoms with Gasteiger partial charge in [0.25, 0.3) is 0 Å². The number of phenols is 1. The summed E-state index contributed by atoms with van der Waals surface area (Å²) in [6.45, 7) is 1.91. The number of amides is 1. The van der Waals surface area contributed by atoms with Crippen LogP contribution in [0.25, 0.3) is 0 Å². The molecule has 1 amide bonds. The first kappa shape index (κ1) is 12.1. The number of benzene rings is 1. The van der Waals surface area contributed by atoms with Crippen LogP contribution >= 0.6 is 0 Å². The highest BCUT2D eigenvalue weighted by Crippen LogP contribution is 2.15. The van der Waals surface area contributed by atoms with Gasteiger partial charge in [-0.25, -0.2) is 4.39 Å². The Hall–Kier alpha value is -2.02. The molecular formula is C12H12FNO2. The first-order valence-electron chi connectivity index (χ1n) is 4.81. The Labute approximate surface area is 93.3 Å². The van der Waals surface area contributed by atoms with Crippen LogP contribution in [0.5, 0.6) is 5.75 Å². The average molecular weight is 221 g/mol. The van der Waals surface area contributed by atoms with E-state index < -0.39 is 5.82 Å². The molecule has 0 radical (unpaired) electrons. The van der Waals surface area contributed by atoms with Gasteiger partial charge < -0.3 is 10.4 Å². The lowest BCUT2D eigenvalue weighted by atomic mass is 10.2. The highest BCUT2D eigenvalue weighted by atomic mass is 19.1. The number of rotatable bonds is 2. The third kappa shape index (κ3) is 4.01. The molecule has 1 rings (SSSR count). The monoisotopic (exact) mass is 221 g/mol. The molecule has 0 unspecified atom stereocenters. The van der Waals surface area contributed by atoms with Crippen molar-refractivity contribution in [2.45, 2.75) is 13.3 Å². The molecule has 2 N–H and O–H groups in total. The van der Waals surface area contributed by atoms with E-state index in [1.807, 2.05) is 0 Å². The number of aromatic hydroxyl groups is 1. The molecule has 0 bridgehead atoms. The van der Waals surface area contributed by atoms with Crippen LogP contribution in [0.4, 0.5) is 4.39 Å². The van der Waals surface area contributed by atoms with Crippen molar-refractivity contribution in [3.8, 4) is 17.6 Å². The molecule has 1 aromatic carbocycles. The number of carbonyl (C=O) groups is 1. The van der Waals surface area contributed by atoms with E-state index in [1.54, 1.807) is 0 Å². The van der Waals surface area contributed by atoms with Crippen molar-refractivity contribution in [3.05, 3.63) is 29.6 Å². The summed E-state index contributed by atoms with van der Waals surface area (Å²) in [6, 6.07) is 3.96. The third-order valence-electron chi connectivity index (χ3n) is 1.80. The van der Waals surface area contributed by atoms with Crippen molar-refractivity contribution in [2.24, 2.45) is 0 Å². The van der Waals surface area contributed by atoms with Crippen LogP contribution < -0.4 is 5.32 Å². The van der Waals surface area contributed by atoms with Crippen molar-refractivity contribution < 1.29 is 14.3 Å². The van der Waals surface area contributed by atoms with E-state index >= 15 is 0 Å². The maximum absolute atomic E-state index is 12.9. The minimum Gasteiger partial charge on any atom is -0.505 e. The summed E-state index contributed by atoms with van der Waals surface area (Å²) in [5.74, 6) is 4.35. The molecule has 4 heteroatoms. The summed E-state index contributed by atoms with van der Waals surface area (Å²) >= 11 is 0. The molecule has 0 saturated carbocycles. The minimum absolute atomic E-state index is 0.0996. The van der Waals surface area contributed by atoms with Gasteiger partial charge in [0.2, 0.25) is 5.91 Å². The molecule has 0 saturated heterocycles. The molecule has 0 aliphatic rings. The molecule has 0 aliphatic carbocycles. The van der Waals surface area contributed by atoms with Crippen molar-refractivity contribution in [3.63, 3.8) is 0 Å². The van der Waals surface area contributed by atoms with Gasteiger partial charge in [-0.2, -0.15) is 0 Å². The predicted molar refractivity (Wildman–Crippen MR) is 58.2 cm³/mol. The van der Waals surface area contributed by atoms with Crippen molar-refractivity contribution in [1.82, 2.24) is 5.32 Å². The molecule has 84 valence electrons. The minimum atomic E-state index is -0.686. The van der Waals surface area contributed by atoms with Crippen molar-refractivity contribution in [2.75, 3.05) is 6.54 Å². The topological polar surface area (TPSA) is 49.3 Å². The Bertz CT molecular complexity index is 446. The number of hydrogen-bond acceptors (Lipinski definition) is 2. The first-order chi connectivity index (χ1) is 7.59. The number of phenolic OH excluding ortho intramolecular Hbond substituents is 1. The van der Waals surface area contributed by atoms with Gasteiger partial charge in [-0.3, -0.25) is 4.79 Å². The van der Waals surface area contributed by atoms with E-state index in [-0.39, 0.29) is 11.7 Å². The fourth-order valence-electron chi connectivity index (χ4n) is 1.05. The van der Waals surface area contributed by atoms with Gasteiger partial charge in [0.1, 0.15) is 0 Å². The summed E-state index contributed by atoms with van der Waals surface area (Å²) in [5, 5.41) is 11.5. The van der Waals surface area contributed by atoms with Crippen LogP contribution in [-0.2, 0) is 4.79 Å². The quantitative estimate of drug-likeness (QED) is 0.586. The lowest BCUT2D eigenvalue weighted by Gasteiger charge is -1.96. The SMILES string of the molecule is CC(=O)NCCC#Cc1ccc(O)c(F)c1. The zero-order valence-electron chi connectivity index (χ0n) is 8.88. The highest BCUT2D eigenvalue weighted by Gasteiger charge is 1.98. The summed E-state index contributed by atoms with van der Waals surface area (Å²) in [6.07, 6.45) is 0.502. The molecule has 0 atom stereocenters. The third-order valence-corrected chi connectivity index (χ3v) is 1.80. The molecule has 0 aromatic heterocycles. The fourth-order valence-corrected chi connectivity index (χ4v) is 1.05. The van der Waals surface area contributed by atoms with Crippen LogP contribution in [0, 0.1) is 17.7 Å². The zero-order chi connectivity index (χ0) is 12.0. The number of halogens is 1. The number of carbonyl (C=O) groups excluding carboxylic acids is 1.